The molecule has 1 aromatic carbocycles. The quantitative estimate of drug-likeness (QED) is 0.894. The van der Waals surface area contributed by atoms with E-state index in [0.29, 0.717) is 17.7 Å². The molecule has 128 valence electrons. The molecular formula is C16H20N4O3S. The molecule has 1 atom stereocenters. The molecule has 1 aliphatic rings. The van der Waals surface area contributed by atoms with Crippen LogP contribution in [0.25, 0.3) is 0 Å². The Hall–Kier alpha value is -2.22. The van der Waals surface area contributed by atoms with Crippen molar-refractivity contribution in [1.82, 2.24) is 20.1 Å². The van der Waals surface area contributed by atoms with Gasteiger partial charge in [0.1, 0.15) is 11.6 Å². The zero-order valence-corrected chi connectivity index (χ0v) is 14.7. The van der Waals surface area contributed by atoms with Crippen LogP contribution in [-0.2, 0) is 22.8 Å². The lowest BCUT2D eigenvalue weighted by atomic mass is 10.1. The fourth-order valence-electron chi connectivity index (χ4n) is 2.99. The van der Waals surface area contributed by atoms with Crippen LogP contribution < -0.4 is 5.32 Å². The van der Waals surface area contributed by atoms with E-state index in [-0.39, 0.29) is 16.8 Å². The van der Waals surface area contributed by atoms with Crippen molar-refractivity contribution in [3.05, 3.63) is 41.0 Å². The summed E-state index contributed by atoms with van der Waals surface area (Å²) >= 11 is 0. The van der Waals surface area contributed by atoms with Crippen LogP contribution in [0.4, 0.5) is 0 Å². The Balaban J connectivity index is 1.78. The van der Waals surface area contributed by atoms with Crippen molar-refractivity contribution in [3.8, 4) is 0 Å². The van der Waals surface area contributed by atoms with Crippen molar-refractivity contribution in [1.29, 1.82) is 0 Å². The van der Waals surface area contributed by atoms with E-state index in [0.717, 1.165) is 30.7 Å². The molecule has 24 heavy (non-hydrogen) atoms. The maximum Gasteiger partial charge on any atom is 0.251 e. The van der Waals surface area contributed by atoms with Gasteiger partial charge < -0.3 is 9.88 Å². The highest BCUT2D eigenvalue weighted by Gasteiger charge is 2.23. The molecule has 0 radical (unpaired) electrons. The van der Waals surface area contributed by atoms with Crippen molar-refractivity contribution >= 4 is 15.7 Å². The van der Waals surface area contributed by atoms with Crippen molar-refractivity contribution in [3.63, 3.8) is 0 Å². The summed E-state index contributed by atoms with van der Waals surface area (Å²) < 4.78 is 25.6. The predicted molar refractivity (Wildman–Crippen MR) is 88.6 cm³/mol. The highest BCUT2D eigenvalue weighted by atomic mass is 32.2. The molecule has 7 nitrogen and oxygen atoms in total. The lowest BCUT2D eigenvalue weighted by Gasteiger charge is -2.25. The highest BCUT2D eigenvalue weighted by molar-refractivity contribution is 7.90. The minimum absolute atomic E-state index is 0.0253. The van der Waals surface area contributed by atoms with Crippen molar-refractivity contribution < 1.29 is 13.2 Å². The van der Waals surface area contributed by atoms with Crippen LogP contribution in [0.15, 0.2) is 23.1 Å². The summed E-state index contributed by atoms with van der Waals surface area (Å²) in [7, 11) is -3.36. The second kappa shape index (κ2) is 6.01. The van der Waals surface area contributed by atoms with E-state index < -0.39 is 9.84 Å². The van der Waals surface area contributed by atoms with Gasteiger partial charge in [-0.1, -0.05) is 6.07 Å². The van der Waals surface area contributed by atoms with Gasteiger partial charge >= 0.3 is 0 Å². The van der Waals surface area contributed by atoms with Gasteiger partial charge in [0.25, 0.3) is 5.91 Å². The molecule has 2 aromatic rings. The summed E-state index contributed by atoms with van der Waals surface area (Å²) in [6.07, 6.45) is 2.69. The molecule has 0 fully saturated rings. The average molecular weight is 348 g/mol. The molecule has 1 aliphatic heterocycles. The zero-order valence-electron chi connectivity index (χ0n) is 13.9. The molecule has 3 rings (SSSR count). The van der Waals surface area contributed by atoms with Gasteiger partial charge in [-0.3, -0.25) is 4.79 Å². The van der Waals surface area contributed by atoms with Crippen molar-refractivity contribution in [2.45, 2.75) is 44.2 Å². The highest BCUT2D eigenvalue weighted by Crippen LogP contribution is 2.18. The van der Waals surface area contributed by atoms with Crippen molar-refractivity contribution in [2.24, 2.45) is 0 Å². The van der Waals surface area contributed by atoms with Crippen LogP contribution >= 0.6 is 0 Å². The minimum atomic E-state index is -3.36. The fraction of sp³-hybridized carbons (Fsp3) is 0.438. The Morgan fingerprint density at radius 1 is 1.29 bits per heavy atom. The molecule has 1 N–H and O–H groups in total. The van der Waals surface area contributed by atoms with Crippen molar-refractivity contribution in [2.75, 3.05) is 6.26 Å². The summed E-state index contributed by atoms with van der Waals surface area (Å²) in [5.74, 6) is 1.51. The maximum atomic E-state index is 12.5. The lowest BCUT2D eigenvalue weighted by Crippen LogP contribution is -2.41. The number of amides is 1. The largest absolute Gasteiger partial charge is 0.347 e. The van der Waals surface area contributed by atoms with E-state index in [9.17, 15) is 13.2 Å². The first kappa shape index (κ1) is 16.6. The fourth-order valence-corrected chi connectivity index (χ4v) is 3.98. The van der Waals surface area contributed by atoms with Gasteiger partial charge in [-0.25, -0.2) is 8.42 Å². The van der Waals surface area contributed by atoms with Gasteiger partial charge in [-0.15, -0.1) is 10.2 Å². The Bertz CT molecular complexity index is 902. The third-order valence-corrected chi connectivity index (χ3v) is 5.56. The number of nitrogens with one attached hydrogen (secondary N) is 1. The van der Waals surface area contributed by atoms with Gasteiger partial charge in [0.2, 0.25) is 0 Å². The number of aromatic nitrogens is 3. The number of carbonyl (C=O) groups excluding carboxylic acids is 1. The molecule has 0 aliphatic carbocycles. The molecule has 2 heterocycles. The zero-order chi connectivity index (χ0) is 17.5. The first-order chi connectivity index (χ1) is 11.3. The molecule has 1 amide bonds. The van der Waals surface area contributed by atoms with Gasteiger partial charge in [-0.05, 0) is 38.0 Å². The van der Waals surface area contributed by atoms with Crippen LogP contribution in [-0.4, -0.2) is 41.4 Å². The average Bonchev–Trinajstić information content (AvgIpc) is 2.87. The second-order valence-electron chi connectivity index (χ2n) is 6.24. The first-order valence-electron chi connectivity index (χ1n) is 7.76. The predicted octanol–water partition coefficient (Wildman–Crippen LogP) is 1.04. The SMILES string of the molecule is Cc1ccc(C(=O)N[C@@H]2CCc3nnc(C)n3C2)cc1S(C)(=O)=O. The monoisotopic (exact) mass is 348 g/mol. The lowest BCUT2D eigenvalue weighted by molar-refractivity contribution is 0.0927. The first-order valence-corrected chi connectivity index (χ1v) is 9.65. The van der Waals surface area contributed by atoms with Crippen LogP contribution in [0, 0.1) is 13.8 Å². The van der Waals surface area contributed by atoms with Gasteiger partial charge in [0.15, 0.2) is 9.84 Å². The second-order valence-corrected chi connectivity index (χ2v) is 8.22. The number of rotatable bonds is 3. The smallest absolute Gasteiger partial charge is 0.251 e. The number of aryl methyl sites for hydroxylation is 3. The molecule has 1 aromatic heterocycles. The number of nitrogens with zero attached hydrogens (tertiary/aromatic N) is 3. The van der Waals surface area contributed by atoms with Crippen LogP contribution in [0.2, 0.25) is 0 Å². The van der Waals surface area contributed by atoms with E-state index in [1.54, 1.807) is 19.1 Å². The van der Waals surface area contributed by atoms with Gasteiger partial charge in [-0.2, -0.15) is 0 Å². The van der Waals surface area contributed by atoms with E-state index in [1.165, 1.54) is 6.07 Å². The van der Waals surface area contributed by atoms with E-state index >= 15 is 0 Å². The Morgan fingerprint density at radius 2 is 2.04 bits per heavy atom. The topological polar surface area (TPSA) is 93.9 Å². The summed E-state index contributed by atoms with van der Waals surface area (Å²) in [6.45, 7) is 4.24. The van der Waals surface area contributed by atoms with Crippen LogP contribution in [0.1, 0.15) is 34.0 Å². The molecular weight excluding hydrogens is 328 g/mol. The normalized spacial score (nSPS) is 17.4. The molecule has 0 bridgehead atoms. The van der Waals surface area contributed by atoms with Gasteiger partial charge in [0, 0.05) is 30.8 Å². The van der Waals surface area contributed by atoms with E-state index in [2.05, 4.69) is 15.5 Å². The number of benzene rings is 1. The molecule has 0 spiro atoms. The molecule has 0 saturated carbocycles. The number of hydrogen-bond acceptors (Lipinski definition) is 5. The molecule has 0 saturated heterocycles. The maximum absolute atomic E-state index is 12.5. The third kappa shape index (κ3) is 3.19. The number of carbonyl (C=O) groups is 1. The Kier molecular flexibility index (Phi) is 4.16. The third-order valence-electron chi connectivity index (χ3n) is 4.32. The number of hydrogen-bond donors (Lipinski definition) is 1. The number of sulfone groups is 1. The van der Waals surface area contributed by atoms with Gasteiger partial charge in [0.05, 0.1) is 4.90 Å². The number of fused-ring (bicyclic) bond motifs is 1. The van der Waals surface area contributed by atoms with Crippen LogP contribution in [0.3, 0.4) is 0 Å². The molecule has 0 unspecified atom stereocenters. The van der Waals surface area contributed by atoms with Crippen LogP contribution in [0.5, 0.6) is 0 Å². The Labute approximate surface area is 141 Å². The summed E-state index contributed by atoms with van der Waals surface area (Å²) in [5, 5.41) is 11.1. The summed E-state index contributed by atoms with van der Waals surface area (Å²) in [5.41, 5.74) is 0.990. The minimum Gasteiger partial charge on any atom is -0.347 e. The standard InChI is InChI=1S/C16H20N4O3S/c1-10-4-5-12(8-14(10)24(3,22)23)16(21)17-13-6-7-15-19-18-11(2)20(15)9-13/h4-5,8,13H,6-7,9H2,1-3H3,(H,17,21)/t13-/m1/s1. The van der Waals surface area contributed by atoms with E-state index in [1.807, 2.05) is 11.5 Å². The molecule has 8 heteroatoms. The van der Waals surface area contributed by atoms with E-state index in [4.69, 9.17) is 0 Å². The summed E-state index contributed by atoms with van der Waals surface area (Å²) in [6, 6.07) is 4.73. The Morgan fingerprint density at radius 3 is 2.75 bits per heavy atom. The summed E-state index contributed by atoms with van der Waals surface area (Å²) in [4.78, 5) is 12.7.